The van der Waals surface area contributed by atoms with E-state index in [1.807, 2.05) is 37.3 Å². The Morgan fingerprint density at radius 1 is 1.05 bits per heavy atom. The first kappa shape index (κ1) is 11.5. The van der Waals surface area contributed by atoms with Crippen molar-refractivity contribution in [3.63, 3.8) is 0 Å². The van der Waals surface area contributed by atoms with Crippen molar-refractivity contribution in [2.24, 2.45) is 0 Å². The van der Waals surface area contributed by atoms with Gasteiger partial charge < -0.3 is 9.52 Å². The number of phenols is 1. The van der Waals surface area contributed by atoms with Crippen molar-refractivity contribution in [1.82, 2.24) is 0 Å². The van der Waals surface area contributed by atoms with Gasteiger partial charge in [-0.05, 0) is 36.1 Å². The average Bonchev–Trinajstić information content (AvgIpc) is 2.40. The number of benzene rings is 2. The summed E-state index contributed by atoms with van der Waals surface area (Å²) in [5.74, 6) is 0.602. The van der Waals surface area contributed by atoms with Crippen LogP contribution in [-0.2, 0) is 0 Å². The highest BCUT2D eigenvalue weighted by atomic mass is 16.4. The first-order chi connectivity index (χ1) is 9.15. The molecule has 1 aromatic heterocycles. The van der Waals surface area contributed by atoms with Gasteiger partial charge in [0.2, 0.25) is 0 Å². The molecule has 3 nitrogen and oxygen atoms in total. The fourth-order valence-corrected chi connectivity index (χ4v) is 2.15. The zero-order chi connectivity index (χ0) is 13.4. The number of rotatable bonds is 1. The molecule has 3 aromatic rings. The summed E-state index contributed by atoms with van der Waals surface area (Å²) in [6.07, 6.45) is 0. The molecule has 94 valence electrons. The average molecular weight is 252 g/mol. The van der Waals surface area contributed by atoms with Crippen LogP contribution in [-0.4, -0.2) is 5.11 Å². The Labute approximate surface area is 109 Å². The minimum absolute atomic E-state index is 0.0587. The monoisotopic (exact) mass is 252 g/mol. The minimum Gasteiger partial charge on any atom is -0.508 e. The highest BCUT2D eigenvalue weighted by Gasteiger charge is 2.08. The van der Waals surface area contributed by atoms with Crippen molar-refractivity contribution in [3.05, 3.63) is 64.5 Å². The van der Waals surface area contributed by atoms with Gasteiger partial charge in [-0.15, -0.1) is 0 Å². The predicted molar refractivity (Wildman–Crippen MR) is 74.3 cm³/mol. The van der Waals surface area contributed by atoms with Gasteiger partial charge in [0.25, 0.3) is 0 Å². The van der Waals surface area contributed by atoms with E-state index < -0.39 is 5.63 Å². The zero-order valence-electron chi connectivity index (χ0n) is 10.4. The van der Waals surface area contributed by atoms with Gasteiger partial charge in [-0.25, -0.2) is 4.79 Å². The summed E-state index contributed by atoms with van der Waals surface area (Å²) in [5.41, 5.74) is 1.50. The van der Waals surface area contributed by atoms with Crippen molar-refractivity contribution in [1.29, 1.82) is 0 Å². The van der Waals surface area contributed by atoms with Gasteiger partial charge in [0.15, 0.2) is 0 Å². The Bertz CT molecular complexity index is 816. The lowest BCUT2D eigenvalue weighted by Crippen LogP contribution is -2.00. The Morgan fingerprint density at radius 3 is 2.63 bits per heavy atom. The summed E-state index contributed by atoms with van der Waals surface area (Å²) < 4.78 is 5.35. The summed E-state index contributed by atoms with van der Waals surface area (Å²) in [7, 11) is 0. The molecule has 2 aromatic carbocycles. The van der Waals surface area contributed by atoms with Crippen molar-refractivity contribution < 1.29 is 9.52 Å². The van der Waals surface area contributed by atoms with E-state index in [1.165, 1.54) is 6.07 Å². The number of phenolic OH excluding ortho intramolecular Hbond substituents is 1. The molecule has 3 rings (SSSR count). The summed E-state index contributed by atoms with van der Waals surface area (Å²) in [5, 5.41) is 10.5. The number of aryl methyl sites for hydroxylation is 1. The minimum atomic E-state index is -0.438. The molecule has 0 aliphatic carbocycles. The van der Waals surface area contributed by atoms with E-state index in [1.54, 1.807) is 12.1 Å². The number of hydrogen-bond acceptors (Lipinski definition) is 3. The third-order valence-corrected chi connectivity index (χ3v) is 3.16. The van der Waals surface area contributed by atoms with Crippen LogP contribution in [0.4, 0.5) is 0 Å². The second-order valence-corrected chi connectivity index (χ2v) is 4.48. The van der Waals surface area contributed by atoms with Gasteiger partial charge in [-0.1, -0.05) is 30.3 Å². The van der Waals surface area contributed by atoms with Gasteiger partial charge in [0.05, 0.1) is 5.39 Å². The molecular weight excluding hydrogens is 240 g/mol. The molecule has 0 atom stereocenters. The van der Waals surface area contributed by atoms with E-state index in [0.29, 0.717) is 11.1 Å². The molecule has 1 heterocycles. The van der Waals surface area contributed by atoms with Crippen molar-refractivity contribution >= 4 is 10.8 Å². The summed E-state index contributed by atoms with van der Waals surface area (Å²) in [6.45, 7) is 1.97. The summed E-state index contributed by atoms with van der Waals surface area (Å²) >= 11 is 0. The topological polar surface area (TPSA) is 50.4 Å². The Hall–Kier alpha value is -2.55. The SMILES string of the molecule is Cc1ccccc1-c1cc2ccc(O)cc2c(=O)o1. The fraction of sp³-hybridized carbons (Fsp3) is 0.0625. The van der Waals surface area contributed by atoms with Crippen LogP contribution in [0.15, 0.2) is 57.7 Å². The quantitative estimate of drug-likeness (QED) is 0.721. The van der Waals surface area contributed by atoms with Gasteiger partial charge in [-0.2, -0.15) is 0 Å². The summed E-state index contributed by atoms with van der Waals surface area (Å²) in [4.78, 5) is 12.0. The van der Waals surface area contributed by atoms with Gasteiger partial charge in [0.1, 0.15) is 11.5 Å². The maximum absolute atomic E-state index is 12.0. The third kappa shape index (κ3) is 1.99. The summed E-state index contributed by atoms with van der Waals surface area (Å²) in [6, 6.07) is 14.2. The smallest absolute Gasteiger partial charge is 0.344 e. The molecule has 0 aliphatic heterocycles. The van der Waals surface area contributed by atoms with Crippen LogP contribution >= 0.6 is 0 Å². The second kappa shape index (κ2) is 4.28. The third-order valence-electron chi connectivity index (χ3n) is 3.16. The largest absolute Gasteiger partial charge is 0.508 e. The Balaban J connectivity index is 2.31. The normalized spacial score (nSPS) is 10.8. The van der Waals surface area contributed by atoms with E-state index in [4.69, 9.17) is 4.42 Å². The van der Waals surface area contributed by atoms with Crippen molar-refractivity contribution in [2.75, 3.05) is 0 Å². The molecule has 0 aliphatic rings. The molecule has 0 radical (unpaired) electrons. The first-order valence-corrected chi connectivity index (χ1v) is 5.98. The molecule has 0 bridgehead atoms. The zero-order valence-corrected chi connectivity index (χ0v) is 10.4. The first-order valence-electron chi connectivity index (χ1n) is 5.98. The molecule has 3 heteroatoms. The lowest BCUT2D eigenvalue weighted by Gasteiger charge is -2.05. The lowest BCUT2D eigenvalue weighted by atomic mass is 10.0. The standard InChI is InChI=1S/C16H12O3/c1-10-4-2-3-5-13(10)15-8-11-6-7-12(17)9-14(11)16(18)19-15/h2-9,17H,1H3. The van der Waals surface area contributed by atoms with Crippen LogP contribution in [0.3, 0.4) is 0 Å². The van der Waals surface area contributed by atoms with E-state index in [2.05, 4.69) is 0 Å². The Kier molecular flexibility index (Phi) is 2.60. The van der Waals surface area contributed by atoms with Crippen molar-refractivity contribution in [3.8, 4) is 17.1 Å². The molecule has 0 amide bonds. The van der Waals surface area contributed by atoms with Crippen LogP contribution in [0.5, 0.6) is 5.75 Å². The van der Waals surface area contributed by atoms with Crippen LogP contribution in [0.25, 0.3) is 22.1 Å². The van der Waals surface area contributed by atoms with Crippen LogP contribution < -0.4 is 5.63 Å². The fourth-order valence-electron chi connectivity index (χ4n) is 2.15. The number of aromatic hydroxyl groups is 1. The van der Waals surface area contributed by atoms with E-state index in [0.717, 1.165) is 16.5 Å². The predicted octanol–water partition coefficient (Wildman–Crippen LogP) is 3.47. The second-order valence-electron chi connectivity index (χ2n) is 4.48. The van der Waals surface area contributed by atoms with Gasteiger partial charge in [-0.3, -0.25) is 0 Å². The van der Waals surface area contributed by atoms with Crippen LogP contribution in [0, 0.1) is 6.92 Å². The lowest BCUT2D eigenvalue weighted by molar-refractivity contribution is 0.475. The van der Waals surface area contributed by atoms with Crippen molar-refractivity contribution in [2.45, 2.75) is 6.92 Å². The molecule has 0 spiro atoms. The highest BCUT2D eigenvalue weighted by molar-refractivity contribution is 5.85. The van der Waals surface area contributed by atoms with E-state index in [9.17, 15) is 9.90 Å². The molecule has 1 N–H and O–H groups in total. The molecule has 0 saturated heterocycles. The van der Waals surface area contributed by atoms with Crippen LogP contribution in [0.2, 0.25) is 0 Å². The molecular formula is C16H12O3. The number of fused-ring (bicyclic) bond motifs is 1. The van der Waals surface area contributed by atoms with E-state index in [-0.39, 0.29) is 5.75 Å². The van der Waals surface area contributed by atoms with Gasteiger partial charge in [0, 0.05) is 5.56 Å². The molecule has 0 saturated carbocycles. The maximum Gasteiger partial charge on any atom is 0.344 e. The maximum atomic E-state index is 12.0. The molecule has 0 fully saturated rings. The number of hydrogen-bond donors (Lipinski definition) is 1. The van der Waals surface area contributed by atoms with E-state index >= 15 is 0 Å². The van der Waals surface area contributed by atoms with Crippen LogP contribution in [0.1, 0.15) is 5.56 Å². The molecule has 19 heavy (non-hydrogen) atoms. The Morgan fingerprint density at radius 2 is 1.84 bits per heavy atom. The van der Waals surface area contributed by atoms with Gasteiger partial charge >= 0.3 is 5.63 Å². The molecule has 0 unspecified atom stereocenters. The highest BCUT2D eigenvalue weighted by Crippen LogP contribution is 2.26.